The summed E-state index contributed by atoms with van der Waals surface area (Å²) in [5, 5.41) is 36.5. The van der Waals surface area contributed by atoms with Crippen LogP contribution in [0.25, 0.3) is 43.5 Å². The molecule has 8 heteroatoms. The monoisotopic (exact) mass is 657 g/mol. The van der Waals surface area contributed by atoms with Gasteiger partial charge in [-0.3, -0.25) is 0 Å². The van der Waals surface area contributed by atoms with Gasteiger partial charge in [0.2, 0.25) is 0 Å². The van der Waals surface area contributed by atoms with Gasteiger partial charge in [0.15, 0.2) is 0 Å². The van der Waals surface area contributed by atoms with Crippen LogP contribution in [-0.2, 0) is 0 Å². The lowest BCUT2D eigenvalue weighted by atomic mass is 10.1. The van der Waals surface area contributed by atoms with Gasteiger partial charge in [0.1, 0.15) is 35.4 Å². The van der Waals surface area contributed by atoms with E-state index >= 15 is 0 Å². The Morgan fingerprint density at radius 1 is 0.468 bits per heavy atom. The molecule has 6 aromatic rings. The van der Waals surface area contributed by atoms with Crippen molar-refractivity contribution >= 4 is 63.2 Å². The van der Waals surface area contributed by atoms with Crippen molar-refractivity contribution < 1.29 is 0 Å². The molecule has 0 fully saturated rings. The molecule has 0 spiro atoms. The van der Waals surface area contributed by atoms with Gasteiger partial charge in [-0.25, -0.2) is 0 Å². The largest absolute Gasteiger partial charge is 0.311 e. The van der Waals surface area contributed by atoms with Crippen LogP contribution in [0.5, 0.6) is 0 Å². The maximum absolute atomic E-state index is 9.11. The standard InChI is InChI=1S/C39H23N5S3/c1-26-2-17-37(45-26)29-3-9-32(10-4-29)44(33-11-5-30(6-12-33)38-18-15-35(46-38)20-27(22-40)23-41)34-13-7-31(8-14-34)39-19-16-36(47-39)21-28(24-42)25-43/h2-21H,1H3. The third kappa shape index (κ3) is 6.98. The Labute approximate surface area is 285 Å². The van der Waals surface area contributed by atoms with Crippen LogP contribution >= 0.6 is 34.0 Å². The predicted octanol–water partition coefficient (Wildman–Crippen LogP) is 11.5. The summed E-state index contributed by atoms with van der Waals surface area (Å²) in [6, 6.07) is 45.2. The third-order valence-electron chi connectivity index (χ3n) is 7.28. The van der Waals surface area contributed by atoms with Gasteiger partial charge in [-0.1, -0.05) is 36.4 Å². The Morgan fingerprint density at radius 3 is 1.13 bits per heavy atom. The number of hydrogen-bond donors (Lipinski definition) is 0. The number of benzene rings is 3. The van der Waals surface area contributed by atoms with E-state index in [1.807, 2.05) is 48.5 Å². The molecule has 0 atom stereocenters. The van der Waals surface area contributed by atoms with E-state index in [2.05, 4.69) is 96.8 Å². The highest BCUT2D eigenvalue weighted by Crippen LogP contribution is 2.39. The number of rotatable bonds is 8. The molecule has 0 aliphatic carbocycles. The summed E-state index contributed by atoms with van der Waals surface area (Å²) >= 11 is 4.85. The molecule has 0 radical (unpaired) electrons. The molecule has 0 aliphatic rings. The van der Waals surface area contributed by atoms with E-state index in [1.54, 1.807) is 23.5 Å². The molecule has 3 aromatic carbocycles. The first-order valence-corrected chi connectivity index (χ1v) is 16.8. The molecular weight excluding hydrogens is 635 g/mol. The molecule has 3 heterocycles. The normalized spacial score (nSPS) is 10.1. The SMILES string of the molecule is Cc1ccc(-c2ccc(N(c3ccc(-c4ccc(C=C(C#N)C#N)s4)cc3)c3ccc(-c4ccc(C=C(C#N)C#N)s4)cc3)cc2)s1. The molecule has 222 valence electrons. The topological polar surface area (TPSA) is 98.4 Å². The first kappa shape index (κ1) is 31.0. The highest BCUT2D eigenvalue weighted by molar-refractivity contribution is 7.16. The fourth-order valence-corrected chi connectivity index (χ4v) is 7.78. The molecule has 3 aromatic heterocycles. The molecule has 0 unspecified atom stereocenters. The van der Waals surface area contributed by atoms with Crippen molar-refractivity contribution in [2.24, 2.45) is 0 Å². The van der Waals surface area contributed by atoms with Crippen molar-refractivity contribution in [3.8, 4) is 55.6 Å². The summed E-state index contributed by atoms with van der Waals surface area (Å²) in [7, 11) is 0. The summed E-state index contributed by atoms with van der Waals surface area (Å²) < 4.78 is 0. The van der Waals surface area contributed by atoms with Crippen LogP contribution in [0, 0.1) is 52.2 Å². The Bertz CT molecular complexity index is 2130. The Balaban J connectivity index is 1.33. The Hall–Kier alpha value is -6.00. The van der Waals surface area contributed by atoms with Crippen molar-refractivity contribution in [1.29, 1.82) is 21.0 Å². The van der Waals surface area contributed by atoms with Crippen LogP contribution in [-0.4, -0.2) is 0 Å². The van der Waals surface area contributed by atoms with Gasteiger partial charge in [-0.05, 0) is 109 Å². The van der Waals surface area contributed by atoms with Crippen molar-refractivity contribution in [2.75, 3.05) is 4.90 Å². The second-order valence-corrected chi connectivity index (χ2v) is 13.9. The average Bonchev–Trinajstić information content (AvgIpc) is 3.89. The van der Waals surface area contributed by atoms with Crippen LogP contribution in [0.2, 0.25) is 0 Å². The number of thiophene rings is 3. The third-order valence-corrected chi connectivity index (χ3v) is 10.5. The van der Waals surface area contributed by atoms with E-state index in [4.69, 9.17) is 21.0 Å². The van der Waals surface area contributed by atoms with Gasteiger partial charge >= 0.3 is 0 Å². The number of aryl methyl sites for hydroxylation is 1. The minimum absolute atomic E-state index is 0.0825. The number of anilines is 3. The van der Waals surface area contributed by atoms with Crippen molar-refractivity contribution in [1.82, 2.24) is 0 Å². The number of hydrogen-bond acceptors (Lipinski definition) is 8. The zero-order valence-electron chi connectivity index (χ0n) is 25.0. The second kappa shape index (κ2) is 14.0. The van der Waals surface area contributed by atoms with E-state index < -0.39 is 0 Å². The fraction of sp³-hybridized carbons (Fsp3) is 0.0256. The zero-order chi connectivity index (χ0) is 32.8. The van der Waals surface area contributed by atoms with Crippen LogP contribution in [0.15, 0.2) is 120 Å². The first-order chi connectivity index (χ1) is 23.0. The van der Waals surface area contributed by atoms with Gasteiger partial charge in [0, 0.05) is 46.3 Å². The molecule has 47 heavy (non-hydrogen) atoms. The van der Waals surface area contributed by atoms with Gasteiger partial charge in [-0.2, -0.15) is 21.0 Å². The molecule has 0 bridgehead atoms. The van der Waals surface area contributed by atoms with Crippen molar-refractivity contribution in [3.63, 3.8) is 0 Å². The van der Waals surface area contributed by atoms with Gasteiger partial charge in [-0.15, -0.1) is 34.0 Å². The minimum atomic E-state index is 0.0825. The number of nitrogens with zero attached hydrogens (tertiary/aromatic N) is 5. The highest BCUT2D eigenvalue weighted by atomic mass is 32.1. The quantitative estimate of drug-likeness (QED) is 0.152. The molecular formula is C39H23N5S3. The summed E-state index contributed by atoms with van der Waals surface area (Å²) in [6.07, 6.45) is 3.22. The van der Waals surface area contributed by atoms with Crippen LogP contribution in [0.3, 0.4) is 0 Å². The first-order valence-electron chi connectivity index (χ1n) is 14.4. The maximum Gasteiger partial charge on any atom is 0.131 e. The molecule has 5 nitrogen and oxygen atoms in total. The van der Waals surface area contributed by atoms with Gasteiger partial charge in [0.05, 0.1) is 0 Å². The minimum Gasteiger partial charge on any atom is -0.311 e. The number of nitriles is 4. The molecule has 0 N–H and O–H groups in total. The van der Waals surface area contributed by atoms with Crippen molar-refractivity contribution in [2.45, 2.75) is 6.92 Å². The van der Waals surface area contributed by atoms with E-state index in [9.17, 15) is 0 Å². The van der Waals surface area contributed by atoms with Crippen LogP contribution < -0.4 is 4.90 Å². The van der Waals surface area contributed by atoms with Gasteiger partial charge < -0.3 is 4.90 Å². The molecule has 0 amide bonds. The molecule has 0 saturated carbocycles. The highest BCUT2D eigenvalue weighted by Gasteiger charge is 2.15. The van der Waals surface area contributed by atoms with E-state index in [-0.39, 0.29) is 11.1 Å². The molecule has 0 aliphatic heterocycles. The Kier molecular flexibility index (Phi) is 9.21. The lowest BCUT2D eigenvalue weighted by molar-refractivity contribution is 1.28. The van der Waals surface area contributed by atoms with Crippen molar-refractivity contribution in [3.05, 3.63) is 135 Å². The zero-order valence-corrected chi connectivity index (χ0v) is 27.5. The maximum atomic E-state index is 9.11. The lowest BCUT2D eigenvalue weighted by Crippen LogP contribution is -2.09. The van der Waals surface area contributed by atoms with Crippen LogP contribution in [0.1, 0.15) is 14.6 Å². The lowest BCUT2D eigenvalue weighted by Gasteiger charge is -2.26. The van der Waals surface area contributed by atoms with E-state index in [0.717, 1.165) is 47.7 Å². The summed E-state index contributed by atoms with van der Waals surface area (Å²) in [4.78, 5) is 8.54. The van der Waals surface area contributed by atoms with Crippen LogP contribution in [0.4, 0.5) is 17.1 Å². The summed E-state index contributed by atoms with van der Waals surface area (Å²) in [5.41, 5.74) is 6.46. The molecule has 0 saturated heterocycles. The second-order valence-electron chi connectivity index (χ2n) is 10.4. The summed E-state index contributed by atoms with van der Waals surface area (Å²) in [5.74, 6) is 0. The Morgan fingerprint density at radius 2 is 0.809 bits per heavy atom. The number of allylic oxidation sites excluding steroid dienone is 2. The summed E-state index contributed by atoms with van der Waals surface area (Å²) in [6.45, 7) is 2.12. The fourth-order valence-electron chi connectivity index (χ4n) is 5.00. The predicted molar refractivity (Wildman–Crippen MR) is 194 cm³/mol. The average molecular weight is 658 g/mol. The van der Waals surface area contributed by atoms with E-state index in [1.165, 1.54) is 38.0 Å². The van der Waals surface area contributed by atoms with Gasteiger partial charge in [0.25, 0.3) is 0 Å². The van der Waals surface area contributed by atoms with E-state index in [0.29, 0.717) is 0 Å². The smallest absolute Gasteiger partial charge is 0.131 e. The molecule has 6 rings (SSSR count).